The van der Waals surface area contributed by atoms with E-state index in [1.165, 1.54) is 0 Å². The molecule has 29 heavy (non-hydrogen) atoms. The molecule has 1 aromatic heterocycles. The number of fused-ring (bicyclic) bond motifs is 1. The number of carboxylic acids is 1. The number of pyridine rings is 1. The maximum Gasteiger partial charge on any atom is 1.00 e. The molecule has 0 aliphatic carbocycles. The Morgan fingerprint density at radius 3 is 2.55 bits per heavy atom. The molecular formula is C22H21N2NaO4. The van der Waals surface area contributed by atoms with Gasteiger partial charge < -0.3 is 19.5 Å². The summed E-state index contributed by atoms with van der Waals surface area (Å²) in [5.41, 5.74) is 2.39. The van der Waals surface area contributed by atoms with Gasteiger partial charge >= 0.3 is 29.6 Å². The van der Waals surface area contributed by atoms with Crippen LogP contribution in [-0.4, -0.2) is 30.4 Å². The van der Waals surface area contributed by atoms with Gasteiger partial charge in [-0.15, -0.1) is 0 Å². The molecule has 3 rings (SSSR count). The van der Waals surface area contributed by atoms with Gasteiger partial charge in [-0.25, -0.2) is 0 Å². The monoisotopic (exact) mass is 400 g/mol. The third kappa shape index (κ3) is 6.03. The van der Waals surface area contributed by atoms with E-state index in [-0.39, 0.29) is 36.0 Å². The van der Waals surface area contributed by atoms with Crippen molar-refractivity contribution in [3.05, 3.63) is 72.1 Å². The SMILES string of the molecule is COc1ccc(C(=NOCCCCC(=O)[O-])c2cccnc2)c2ccccc12.[Na+]. The van der Waals surface area contributed by atoms with Crippen LogP contribution in [0.3, 0.4) is 0 Å². The molecule has 0 radical (unpaired) electrons. The average Bonchev–Trinajstić information content (AvgIpc) is 2.73. The van der Waals surface area contributed by atoms with E-state index in [1.807, 2.05) is 48.5 Å². The van der Waals surface area contributed by atoms with Crippen LogP contribution >= 0.6 is 0 Å². The summed E-state index contributed by atoms with van der Waals surface area (Å²) >= 11 is 0. The van der Waals surface area contributed by atoms with Gasteiger partial charge in [0.15, 0.2) is 0 Å². The standard InChI is InChI=1S/C22H22N2O4.Na/c1-27-20-12-11-19(17-8-2-3-9-18(17)20)22(16-7-6-13-23-15-16)24-28-14-5-4-10-21(25)26;/h2-3,6-9,11-13,15H,4-5,10,14H2,1H3,(H,25,26);/q;+1/p-1. The van der Waals surface area contributed by atoms with Crippen LogP contribution in [0.1, 0.15) is 30.4 Å². The Balaban J connectivity index is 0.00000300. The maximum atomic E-state index is 10.5. The minimum Gasteiger partial charge on any atom is -0.550 e. The molecule has 7 heteroatoms. The van der Waals surface area contributed by atoms with Crippen LogP contribution in [0.2, 0.25) is 0 Å². The van der Waals surface area contributed by atoms with Crippen molar-refractivity contribution in [2.45, 2.75) is 19.3 Å². The first-order valence-electron chi connectivity index (χ1n) is 9.07. The minimum absolute atomic E-state index is 0. The quantitative estimate of drug-likeness (QED) is 0.217. The van der Waals surface area contributed by atoms with E-state index < -0.39 is 5.97 Å². The summed E-state index contributed by atoms with van der Waals surface area (Å²) in [6.45, 7) is 0.325. The second-order valence-electron chi connectivity index (χ2n) is 6.20. The number of hydrogen-bond acceptors (Lipinski definition) is 6. The van der Waals surface area contributed by atoms with Gasteiger partial charge in [0.2, 0.25) is 0 Å². The Morgan fingerprint density at radius 2 is 1.86 bits per heavy atom. The molecule has 0 aliphatic rings. The fraction of sp³-hybridized carbons (Fsp3) is 0.227. The average molecular weight is 400 g/mol. The fourth-order valence-corrected chi connectivity index (χ4v) is 2.96. The number of ether oxygens (including phenoxy) is 1. The van der Waals surface area contributed by atoms with Crippen molar-refractivity contribution in [3.63, 3.8) is 0 Å². The largest absolute Gasteiger partial charge is 1.00 e. The molecule has 0 saturated carbocycles. The number of methoxy groups -OCH3 is 1. The minimum atomic E-state index is -1.05. The van der Waals surface area contributed by atoms with Crippen LogP contribution in [-0.2, 0) is 9.63 Å². The number of carbonyl (C=O) groups excluding carboxylic acids is 1. The number of rotatable bonds is 9. The topological polar surface area (TPSA) is 83.8 Å². The van der Waals surface area contributed by atoms with E-state index in [4.69, 9.17) is 9.57 Å². The van der Waals surface area contributed by atoms with Crippen molar-refractivity contribution >= 4 is 22.5 Å². The second kappa shape index (κ2) is 11.6. The van der Waals surface area contributed by atoms with Gasteiger partial charge in [-0.2, -0.15) is 0 Å². The van der Waals surface area contributed by atoms with Crippen LogP contribution in [0.15, 0.2) is 66.1 Å². The first-order chi connectivity index (χ1) is 13.7. The predicted molar refractivity (Wildman–Crippen MR) is 105 cm³/mol. The molecule has 0 amide bonds. The van der Waals surface area contributed by atoms with E-state index in [2.05, 4.69) is 10.1 Å². The zero-order chi connectivity index (χ0) is 19.8. The summed E-state index contributed by atoms with van der Waals surface area (Å²) in [6, 6.07) is 15.6. The molecule has 0 spiro atoms. The summed E-state index contributed by atoms with van der Waals surface area (Å²) in [5, 5.41) is 16.8. The van der Waals surface area contributed by atoms with Crippen LogP contribution < -0.4 is 39.4 Å². The van der Waals surface area contributed by atoms with Crippen molar-refractivity contribution in [2.24, 2.45) is 5.16 Å². The first-order valence-corrected chi connectivity index (χ1v) is 9.07. The fourth-order valence-electron chi connectivity index (χ4n) is 2.96. The Hall–Kier alpha value is -2.41. The first kappa shape index (κ1) is 22.9. The zero-order valence-electron chi connectivity index (χ0n) is 16.6. The second-order valence-corrected chi connectivity index (χ2v) is 6.20. The van der Waals surface area contributed by atoms with Crippen LogP contribution in [0.25, 0.3) is 10.8 Å². The van der Waals surface area contributed by atoms with Crippen LogP contribution in [0, 0.1) is 0 Å². The molecule has 0 N–H and O–H groups in total. The molecule has 3 aromatic rings. The predicted octanol–water partition coefficient (Wildman–Crippen LogP) is -0.0634. The summed E-state index contributed by atoms with van der Waals surface area (Å²) in [6.07, 6.45) is 4.53. The summed E-state index contributed by atoms with van der Waals surface area (Å²) < 4.78 is 5.48. The smallest absolute Gasteiger partial charge is 0.550 e. The Labute approximate surface area is 191 Å². The van der Waals surface area contributed by atoms with Gasteiger partial charge in [-0.3, -0.25) is 4.98 Å². The molecule has 0 unspecified atom stereocenters. The molecule has 0 fully saturated rings. The number of carboxylic acid groups (broad SMARTS) is 1. The van der Waals surface area contributed by atoms with Gasteiger partial charge in [0, 0.05) is 34.9 Å². The number of benzene rings is 2. The van der Waals surface area contributed by atoms with Crippen molar-refractivity contribution < 1.29 is 49.0 Å². The van der Waals surface area contributed by atoms with Gasteiger partial charge in [0.1, 0.15) is 18.1 Å². The van der Waals surface area contributed by atoms with E-state index in [9.17, 15) is 9.90 Å². The molecule has 2 aromatic carbocycles. The summed E-state index contributed by atoms with van der Waals surface area (Å²) in [7, 11) is 1.65. The van der Waals surface area contributed by atoms with Crippen LogP contribution in [0.5, 0.6) is 5.75 Å². The summed E-state index contributed by atoms with van der Waals surface area (Å²) in [5.74, 6) is -0.266. The Kier molecular flexibility index (Phi) is 9.12. The third-order valence-corrected chi connectivity index (χ3v) is 4.32. The molecule has 0 saturated heterocycles. The van der Waals surface area contributed by atoms with Gasteiger partial charge in [-0.05, 0) is 48.9 Å². The van der Waals surface area contributed by atoms with Crippen molar-refractivity contribution in [3.8, 4) is 5.75 Å². The number of carbonyl (C=O) groups is 1. The number of nitrogens with zero attached hydrogens (tertiary/aromatic N) is 2. The van der Waals surface area contributed by atoms with E-state index >= 15 is 0 Å². The van der Waals surface area contributed by atoms with E-state index in [0.29, 0.717) is 25.2 Å². The summed E-state index contributed by atoms with van der Waals surface area (Å²) in [4.78, 5) is 20.2. The number of unbranched alkanes of at least 4 members (excludes halogenated alkanes) is 1. The molecule has 0 bridgehead atoms. The van der Waals surface area contributed by atoms with E-state index in [1.54, 1.807) is 19.5 Å². The van der Waals surface area contributed by atoms with E-state index in [0.717, 1.165) is 27.6 Å². The van der Waals surface area contributed by atoms with Gasteiger partial charge in [0.05, 0.1) is 7.11 Å². The third-order valence-electron chi connectivity index (χ3n) is 4.32. The number of aromatic nitrogens is 1. The Morgan fingerprint density at radius 1 is 1.07 bits per heavy atom. The molecule has 1 heterocycles. The van der Waals surface area contributed by atoms with Gasteiger partial charge in [0.25, 0.3) is 0 Å². The van der Waals surface area contributed by atoms with Crippen LogP contribution in [0.4, 0.5) is 0 Å². The molecular weight excluding hydrogens is 379 g/mol. The van der Waals surface area contributed by atoms with Crippen molar-refractivity contribution in [1.82, 2.24) is 4.98 Å². The number of oxime groups is 1. The molecule has 6 nitrogen and oxygen atoms in total. The normalized spacial score (nSPS) is 11.0. The number of aliphatic carboxylic acids is 1. The molecule has 0 atom stereocenters. The Bertz CT molecular complexity index is 977. The van der Waals surface area contributed by atoms with Crippen molar-refractivity contribution in [2.75, 3.05) is 13.7 Å². The van der Waals surface area contributed by atoms with Gasteiger partial charge in [-0.1, -0.05) is 29.4 Å². The number of hydrogen-bond donors (Lipinski definition) is 0. The maximum absolute atomic E-state index is 10.5. The molecule has 0 aliphatic heterocycles. The van der Waals surface area contributed by atoms with Crippen molar-refractivity contribution in [1.29, 1.82) is 0 Å². The molecule has 144 valence electrons. The zero-order valence-corrected chi connectivity index (χ0v) is 18.6.